The number of imide groups is 1. The van der Waals surface area contributed by atoms with Crippen LogP contribution in [0.1, 0.15) is 22.8 Å². The number of carbonyl (C=O) groups is 2. The summed E-state index contributed by atoms with van der Waals surface area (Å²) < 4.78 is 1.01. The molecule has 1 aliphatic heterocycles. The molecule has 0 aromatic heterocycles. The second-order valence-corrected chi connectivity index (χ2v) is 7.76. The van der Waals surface area contributed by atoms with E-state index in [4.69, 9.17) is 0 Å². The molecule has 23 heavy (non-hydrogen) atoms. The Kier molecular flexibility index (Phi) is 4.34. The highest BCUT2D eigenvalue weighted by Gasteiger charge is 2.45. The van der Waals surface area contributed by atoms with Gasteiger partial charge in [0.25, 0.3) is 5.91 Å². The molecule has 2 aromatic rings. The summed E-state index contributed by atoms with van der Waals surface area (Å²) in [5.41, 5.74) is 0.717. The van der Waals surface area contributed by atoms with E-state index >= 15 is 0 Å². The van der Waals surface area contributed by atoms with Crippen molar-refractivity contribution in [3.8, 4) is 0 Å². The monoisotopic (exact) mass is 389 g/mol. The lowest BCUT2D eigenvalue weighted by molar-refractivity contribution is -0.132. The van der Waals surface area contributed by atoms with Gasteiger partial charge in [-0.2, -0.15) is 0 Å². The summed E-state index contributed by atoms with van der Waals surface area (Å²) in [7, 11) is 1.56. The first-order valence-electron chi connectivity index (χ1n) is 7.24. The van der Waals surface area contributed by atoms with Gasteiger partial charge >= 0.3 is 0 Å². The van der Waals surface area contributed by atoms with Crippen molar-refractivity contribution in [2.75, 3.05) is 12.8 Å². The van der Waals surface area contributed by atoms with Crippen LogP contribution in [0.15, 0.2) is 57.9 Å². The molecule has 0 N–H and O–H groups in total. The number of thioether (sulfide) groups is 1. The smallest absolute Gasteiger partial charge is 0.260 e. The van der Waals surface area contributed by atoms with Gasteiger partial charge in [-0.3, -0.25) is 14.5 Å². The molecule has 2 aromatic carbocycles. The Morgan fingerprint density at radius 2 is 1.87 bits per heavy atom. The van der Waals surface area contributed by atoms with Crippen molar-refractivity contribution in [3.63, 3.8) is 0 Å². The second-order valence-electron chi connectivity index (χ2n) is 5.79. The summed E-state index contributed by atoms with van der Waals surface area (Å²) in [6.07, 6.45) is 0. The van der Waals surface area contributed by atoms with Crippen LogP contribution in [0.5, 0.6) is 0 Å². The summed E-state index contributed by atoms with van der Waals surface area (Å²) in [6, 6.07) is 15.4. The van der Waals surface area contributed by atoms with E-state index in [9.17, 15) is 9.59 Å². The number of halogens is 1. The molecule has 3 nitrogen and oxygen atoms in total. The zero-order valence-corrected chi connectivity index (χ0v) is 15.3. The molecule has 0 bridgehead atoms. The first-order valence-corrected chi connectivity index (χ1v) is 9.02. The van der Waals surface area contributed by atoms with Gasteiger partial charge in [0.1, 0.15) is 0 Å². The van der Waals surface area contributed by atoms with Gasteiger partial charge in [0.2, 0.25) is 5.91 Å². The molecule has 0 radical (unpaired) electrons. The number of likely N-dealkylation sites (N-methyl/N-ethyl adjacent to an activating group) is 1. The molecule has 2 amide bonds. The fourth-order valence-electron chi connectivity index (χ4n) is 2.83. The maximum absolute atomic E-state index is 12.8. The summed E-state index contributed by atoms with van der Waals surface area (Å²) in [4.78, 5) is 27.4. The summed E-state index contributed by atoms with van der Waals surface area (Å²) in [5, 5.41) is 0. The summed E-state index contributed by atoms with van der Waals surface area (Å²) >= 11 is 5.09. The number of benzene rings is 2. The molecule has 0 fully saturated rings. The van der Waals surface area contributed by atoms with Crippen LogP contribution < -0.4 is 0 Å². The minimum Gasteiger partial charge on any atom is -0.281 e. The van der Waals surface area contributed by atoms with Crippen molar-refractivity contribution in [3.05, 3.63) is 64.1 Å². The number of amides is 2. The Labute approximate surface area is 148 Å². The minimum atomic E-state index is -0.716. The zero-order chi connectivity index (χ0) is 16.6. The Morgan fingerprint density at radius 3 is 2.61 bits per heavy atom. The second kappa shape index (κ2) is 6.13. The Morgan fingerprint density at radius 1 is 1.13 bits per heavy atom. The van der Waals surface area contributed by atoms with Gasteiger partial charge in [-0.25, -0.2) is 0 Å². The number of rotatable bonds is 3. The highest BCUT2D eigenvalue weighted by atomic mass is 79.9. The van der Waals surface area contributed by atoms with Gasteiger partial charge in [0.05, 0.1) is 5.41 Å². The summed E-state index contributed by atoms with van der Waals surface area (Å²) in [6.45, 7) is 1.92. The number of carbonyl (C=O) groups excluding carboxylic acids is 2. The average Bonchev–Trinajstić information content (AvgIpc) is 2.57. The normalized spacial score (nSPS) is 20.6. The van der Waals surface area contributed by atoms with E-state index in [0.29, 0.717) is 11.3 Å². The SMILES string of the molecule is CN1C(=O)c2ccccc2C(C)(CSc2cccc(Br)c2)C1=O. The number of fused-ring (bicyclic) bond motifs is 1. The molecule has 1 unspecified atom stereocenters. The Bertz CT molecular complexity index is 792. The van der Waals surface area contributed by atoms with Crippen molar-refractivity contribution in [2.45, 2.75) is 17.2 Å². The van der Waals surface area contributed by atoms with Crippen molar-refractivity contribution >= 4 is 39.5 Å². The maximum atomic E-state index is 12.8. The molecular formula is C18H16BrNO2S. The van der Waals surface area contributed by atoms with Crippen molar-refractivity contribution in [2.24, 2.45) is 0 Å². The van der Waals surface area contributed by atoms with E-state index in [1.165, 1.54) is 4.90 Å². The van der Waals surface area contributed by atoms with E-state index in [2.05, 4.69) is 15.9 Å². The lowest BCUT2D eigenvalue weighted by atomic mass is 9.77. The average molecular weight is 390 g/mol. The van der Waals surface area contributed by atoms with Gasteiger partial charge < -0.3 is 0 Å². The maximum Gasteiger partial charge on any atom is 0.260 e. The molecule has 0 saturated heterocycles. The van der Waals surface area contributed by atoms with E-state index in [1.807, 2.05) is 49.4 Å². The van der Waals surface area contributed by atoms with Gasteiger partial charge in [-0.05, 0) is 36.8 Å². The Balaban J connectivity index is 1.97. The largest absolute Gasteiger partial charge is 0.281 e. The predicted molar refractivity (Wildman–Crippen MR) is 95.8 cm³/mol. The first kappa shape index (κ1) is 16.3. The van der Waals surface area contributed by atoms with Crippen LogP contribution in [-0.4, -0.2) is 29.5 Å². The van der Waals surface area contributed by atoms with Crippen LogP contribution in [0.2, 0.25) is 0 Å². The van der Waals surface area contributed by atoms with E-state index in [0.717, 1.165) is 14.9 Å². The van der Waals surface area contributed by atoms with Crippen molar-refractivity contribution in [1.82, 2.24) is 4.90 Å². The third-order valence-corrected chi connectivity index (χ3v) is 5.96. The number of hydrogen-bond donors (Lipinski definition) is 0. The molecule has 3 rings (SSSR count). The summed E-state index contributed by atoms with van der Waals surface area (Å²) in [5.74, 6) is 0.205. The van der Waals surface area contributed by atoms with E-state index < -0.39 is 5.41 Å². The van der Waals surface area contributed by atoms with Gasteiger partial charge in [0, 0.05) is 27.7 Å². The highest BCUT2D eigenvalue weighted by Crippen LogP contribution is 2.38. The third kappa shape index (κ3) is 2.83. The molecule has 5 heteroatoms. The Hall–Kier alpha value is -1.59. The molecule has 1 heterocycles. The van der Waals surface area contributed by atoms with Crippen molar-refractivity contribution in [1.29, 1.82) is 0 Å². The molecule has 1 atom stereocenters. The van der Waals surface area contributed by atoms with Crippen LogP contribution in [0.3, 0.4) is 0 Å². The molecule has 0 saturated carbocycles. The molecule has 1 aliphatic rings. The van der Waals surface area contributed by atoms with Crippen LogP contribution in [0, 0.1) is 0 Å². The molecule has 0 aliphatic carbocycles. The van der Waals surface area contributed by atoms with Gasteiger partial charge in [0.15, 0.2) is 0 Å². The first-order chi connectivity index (χ1) is 10.9. The fraction of sp³-hybridized carbons (Fsp3) is 0.222. The topological polar surface area (TPSA) is 37.4 Å². The molecule has 118 valence electrons. The number of hydrogen-bond acceptors (Lipinski definition) is 3. The zero-order valence-electron chi connectivity index (χ0n) is 12.9. The van der Waals surface area contributed by atoms with Crippen LogP contribution in [0.25, 0.3) is 0 Å². The standard InChI is InChI=1S/C18H16BrNO2S/c1-18(11-23-13-7-5-6-12(19)10-13)15-9-4-3-8-14(15)16(21)20(2)17(18)22/h3-10H,11H2,1-2H3. The minimum absolute atomic E-state index is 0.149. The third-order valence-electron chi connectivity index (χ3n) is 4.16. The molecule has 0 spiro atoms. The van der Waals surface area contributed by atoms with Crippen LogP contribution in [0.4, 0.5) is 0 Å². The fourth-order valence-corrected chi connectivity index (χ4v) is 4.50. The lowest BCUT2D eigenvalue weighted by Crippen LogP contribution is -2.52. The quantitative estimate of drug-likeness (QED) is 0.585. The van der Waals surface area contributed by atoms with Crippen LogP contribution >= 0.6 is 27.7 Å². The van der Waals surface area contributed by atoms with Crippen LogP contribution in [-0.2, 0) is 10.2 Å². The van der Waals surface area contributed by atoms with Gasteiger partial charge in [-0.1, -0.05) is 40.2 Å². The number of nitrogens with zero attached hydrogens (tertiary/aromatic N) is 1. The predicted octanol–water partition coefficient (Wildman–Crippen LogP) is 4.11. The van der Waals surface area contributed by atoms with Gasteiger partial charge in [-0.15, -0.1) is 11.8 Å². The van der Waals surface area contributed by atoms with E-state index in [-0.39, 0.29) is 11.8 Å². The van der Waals surface area contributed by atoms with Crippen molar-refractivity contribution < 1.29 is 9.59 Å². The van der Waals surface area contributed by atoms with E-state index in [1.54, 1.807) is 24.9 Å². The molecular weight excluding hydrogens is 374 g/mol. The lowest BCUT2D eigenvalue weighted by Gasteiger charge is -2.38. The highest BCUT2D eigenvalue weighted by molar-refractivity contribution is 9.10.